The molecule has 2 rings (SSSR count). The minimum Gasteiger partial charge on any atom is -0.217 e. The van der Waals surface area contributed by atoms with Gasteiger partial charge in [-0.3, -0.25) is 0 Å². The first kappa shape index (κ1) is 16.1. The maximum absolute atomic E-state index is 12.8. The van der Waals surface area contributed by atoms with Gasteiger partial charge in [-0.05, 0) is 17.0 Å². The minimum absolute atomic E-state index is 0.214. The van der Waals surface area contributed by atoms with Crippen molar-refractivity contribution in [1.29, 1.82) is 0 Å². The summed E-state index contributed by atoms with van der Waals surface area (Å²) in [5, 5.41) is 0. The van der Waals surface area contributed by atoms with Crippen molar-refractivity contribution >= 4 is 18.1 Å². The molecule has 1 aliphatic heterocycles. The van der Waals surface area contributed by atoms with Crippen LogP contribution in [0.15, 0.2) is 29.2 Å². The quantitative estimate of drug-likeness (QED) is 0.541. The van der Waals surface area contributed by atoms with Gasteiger partial charge in [-0.2, -0.15) is 0 Å². The van der Waals surface area contributed by atoms with E-state index in [0.29, 0.717) is 4.90 Å². The molecule has 1 unspecified atom stereocenters. The summed E-state index contributed by atoms with van der Waals surface area (Å²) in [6.45, 7) is 12.5. The Morgan fingerprint density at radius 3 is 2.24 bits per heavy atom. The summed E-state index contributed by atoms with van der Waals surface area (Å²) in [5.41, 5.74) is 3.83. The van der Waals surface area contributed by atoms with E-state index in [2.05, 4.69) is 52.0 Å². The molecule has 114 valence electrons. The zero-order chi connectivity index (χ0) is 16.1. The lowest BCUT2D eigenvalue weighted by molar-refractivity contribution is 0.233. The topological polar surface area (TPSA) is 37.4 Å². The van der Waals surface area contributed by atoms with Crippen molar-refractivity contribution < 1.29 is 8.42 Å². The summed E-state index contributed by atoms with van der Waals surface area (Å²) in [7, 11) is -5.17. The van der Waals surface area contributed by atoms with Crippen LogP contribution in [0.3, 0.4) is 0 Å². The molecule has 0 radical (unpaired) electrons. The van der Waals surface area contributed by atoms with Crippen molar-refractivity contribution in [2.24, 2.45) is 5.41 Å². The van der Waals surface area contributed by atoms with E-state index < -0.39 is 18.1 Å². The second-order valence-electron chi connectivity index (χ2n) is 7.59. The maximum atomic E-state index is 12.8. The fourth-order valence-corrected chi connectivity index (χ4v) is 4.83. The Bertz CT molecular complexity index is 715. The Morgan fingerprint density at radius 2 is 1.71 bits per heavy atom. The third-order valence-corrected chi connectivity index (χ3v) is 5.96. The van der Waals surface area contributed by atoms with Gasteiger partial charge in [0.25, 0.3) is 10.0 Å². The molecule has 5 heteroatoms. The van der Waals surface area contributed by atoms with Gasteiger partial charge >= 0.3 is 0 Å². The van der Waals surface area contributed by atoms with Crippen molar-refractivity contribution in [3.63, 3.8) is 0 Å². The first-order valence-electron chi connectivity index (χ1n) is 7.11. The molecule has 1 aromatic carbocycles. The Kier molecular flexibility index (Phi) is 3.75. The highest BCUT2D eigenvalue weighted by Gasteiger charge is 2.46. The number of sulfonamides is 1. The van der Waals surface area contributed by atoms with Gasteiger partial charge < -0.3 is 0 Å². The van der Waals surface area contributed by atoms with Gasteiger partial charge in [-0.25, -0.2) is 12.7 Å². The van der Waals surface area contributed by atoms with Crippen LogP contribution in [-0.4, -0.2) is 20.8 Å². The monoisotopic (exact) mass is 321 g/mol. The smallest absolute Gasteiger partial charge is 0.217 e. The molecule has 3 nitrogen and oxygen atoms in total. The Balaban J connectivity index is 2.66. The third kappa shape index (κ3) is 3.02. The molecule has 0 saturated heterocycles. The Morgan fingerprint density at radius 1 is 1.14 bits per heavy atom. The van der Waals surface area contributed by atoms with Gasteiger partial charge in [0.15, 0.2) is 0 Å². The highest BCUT2D eigenvalue weighted by Crippen LogP contribution is 2.47. The normalized spacial score (nSPS) is 20.7. The molecule has 0 aliphatic carbocycles. The summed E-state index contributed by atoms with van der Waals surface area (Å²) in [4.78, 5) is 0.398. The molecule has 0 bridgehead atoms. The molecular weight excluding hydrogens is 298 g/mol. The minimum atomic E-state index is -3.52. The highest BCUT2D eigenvalue weighted by atomic mass is 32.2. The van der Waals surface area contributed by atoms with E-state index in [4.69, 9.17) is 0 Å². The largest absolute Gasteiger partial charge is 0.271 e. The Hall–Kier alpha value is -1.25. The van der Waals surface area contributed by atoms with E-state index in [-0.39, 0.29) is 11.5 Å². The number of fused-ring (bicyclic) bond motifs is 1. The summed E-state index contributed by atoms with van der Waals surface area (Å²) in [6.07, 6.45) is 0. The molecule has 21 heavy (non-hydrogen) atoms. The predicted molar refractivity (Wildman–Crippen MR) is 88.8 cm³/mol. The lowest BCUT2D eigenvalue weighted by Crippen LogP contribution is -2.32. The molecular formula is C16H23NO2SSi. The fourth-order valence-electron chi connectivity index (χ4n) is 2.48. The van der Waals surface area contributed by atoms with Gasteiger partial charge in [0, 0.05) is 6.04 Å². The first-order valence-corrected chi connectivity index (χ1v) is 12.0. The van der Waals surface area contributed by atoms with Crippen LogP contribution in [-0.2, 0) is 10.0 Å². The first-order chi connectivity index (χ1) is 9.44. The number of benzene rings is 1. The van der Waals surface area contributed by atoms with Gasteiger partial charge in [0.2, 0.25) is 0 Å². The SMILES string of the molecule is CC(C)(C)C1c2ccccc2S(=O)(=O)N1C#C[Si](C)(C)C. The van der Waals surface area contributed by atoms with Crippen molar-refractivity contribution in [1.82, 2.24) is 4.31 Å². The van der Waals surface area contributed by atoms with Crippen LogP contribution < -0.4 is 0 Å². The molecule has 1 atom stereocenters. The van der Waals surface area contributed by atoms with E-state index >= 15 is 0 Å². The van der Waals surface area contributed by atoms with Crippen molar-refractivity contribution in [2.75, 3.05) is 0 Å². The molecule has 1 heterocycles. The average molecular weight is 322 g/mol. The van der Waals surface area contributed by atoms with Gasteiger partial charge in [-0.15, -0.1) is 5.54 Å². The van der Waals surface area contributed by atoms with Crippen molar-refractivity contribution in [3.8, 4) is 11.6 Å². The maximum Gasteiger partial charge on any atom is 0.271 e. The zero-order valence-corrected chi connectivity index (χ0v) is 15.4. The summed E-state index contributed by atoms with van der Waals surface area (Å²) in [5.74, 6) is 0. The van der Waals surface area contributed by atoms with Crippen LogP contribution >= 0.6 is 0 Å². The molecule has 0 fully saturated rings. The van der Waals surface area contributed by atoms with Crippen LogP contribution in [0.4, 0.5) is 0 Å². The highest BCUT2D eigenvalue weighted by molar-refractivity contribution is 7.89. The van der Waals surface area contributed by atoms with Gasteiger partial charge in [0.05, 0.1) is 10.9 Å². The second-order valence-corrected chi connectivity index (χ2v) is 14.1. The van der Waals surface area contributed by atoms with E-state index in [0.717, 1.165) is 5.56 Å². The van der Waals surface area contributed by atoms with E-state index in [9.17, 15) is 8.42 Å². The average Bonchev–Trinajstić information content (AvgIpc) is 2.54. The van der Waals surface area contributed by atoms with Gasteiger partial charge in [0.1, 0.15) is 8.07 Å². The molecule has 0 N–H and O–H groups in total. The number of nitrogens with zero attached hydrogens (tertiary/aromatic N) is 1. The summed E-state index contributed by atoms with van der Waals surface area (Å²) in [6, 6.07) is 9.98. The van der Waals surface area contributed by atoms with Crippen LogP contribution in [0.25, 0.3) is 0 Å². The lowest BCUT2D eigenvalue weighted by atomic mass is 9.82. The predicted octanol–water partition coefficient (Wildman–Crippen LogP) is 3.62. The van der Waals surface area contributed by atoms with E-state index in [1.807, 2.05) is 12.1 Å². The molecule has 0 aromatic heterocycles. The fraction of sp³-hybridized carbons (Fsp3) is 0.500. The van der Waals surface area contributed by atoms with Gasteiger partial charge in [-0.1, -0.05) is 58.6 Å². The van der Waals surface area contributed by atoms with E-state index in [1.54, 1.807) is 12.1 Å². The van der Waals surface area contributed by atoms with Crippen molar-refractivity contribution in [2.45, 2.75) is 51.3 Å². The summed E-state index contributed by atoms with van der Waals surface area (Å²) < 4.78 is 27.0. The van der Waals surface area contributed by atoms with E-state index in [1.165, 1.54) is 4.31 Å². The standard InChI is InChI=1S/C16H23NO2SSi/c1-16(2,3)15-13-9-7-8-10-14(13)20(18,19)17(15)11-12-21(4,5)6/h7-10,15H,1-6H3. The zero-order valence-electron chi connectivity index (χ0n) is 13.6. The molecule has 0 saturated carbocycles. The molecule has 0 spiro atoms. The lowest BCUT2D eigenvalue weighted by Gasteiger charge is -2.32. The third-order valence-electron chi connectivity index (χ3n) is 3.35. The van der Waals surface area contributed by atoms with Crippen LogP contribution in [0.2, 0.25) is 19.6 Å². The van der Waals surface area contributed by atoms with Crippen LogP contribution in [0.1, 0.15) is 32.4 Å². The van der Waals surface area contributed by atoms with Crippen LogP contribution in [0, 0.1) is 17.0 Å². The number of rotatable bonds is 0. The Labute approximate surface area is 129 Å². The summed E-state index contributed by atoms with van der Waals surface area (Å²) >= 11 is 0. The van der Waals surface area contributed by atoms with Crippen molar-refractivity contribution in [3.05, 3.63) is 29.8 Å². The second kappa shape index (κ2) is 4.89. The number of hydrogen-bond donors (Lipinski definition) is 0. The number of hydrogen-bond acceptors (Lipinski definition) is 2. The molecule has 1 aliphatic rings. The van der Waals surface area contributed by atoms with Crippen LogP contribution in [0.5, 0.6) is 0 Å². The molecule has 1 aromatic rings. The molecule has 0 amide bonds.